The van der Waals surface area contributed by atoms with Crippen molar-refractivity contribution in [3.8, 4) is 0 Å². The molecule has 0 amide bonds. The highest BCUT2D eigenvalue weighted by molar-refractivity contribution is 6.35. The Morgan fingerprint density at radius 3 is 2.56 bits per heavy atom. The van der Waals surface area contributed by atoms with Gasteiger partial charge in [-0.1, -0.05) is 87.9 Å². The first-order chi connectivity index (χ1) is 8.86. The van der Waals surface area contributed by atoms with E-state index in [0.717, 1.165) is 11.8 Å². The molecular formula is C17H28Si. The molecule has 0 nitrogen and oxygen atoms in total. The van der Waals surface area contributed by atoms with Gasteiger partial charge in [0.25, 0.3) is 0 Å². The van der Waals surface area contributed by atoms with Crippen molar-refractivity contribution < 1.29 is 0 Å². The van der Waals surface area contributed by atoms with E-state index in [2.05, 4.69) is 37.3 Å². The zero-order valence-electron chi connectivity index (χ0n) is 11.9. The second kappa shape index (κ2) is 7.78. The third-order valence-corrected chi connectivity index (χ3v) is 6.78. The van der Waals surface area contributed by atoms with Gasteiger partial charge in [0.1, 0.15) is 0 Å². The number of hydrogen-bond acceptors (Lipinski definition) is 0. The second-order valence-electron chi connectivity index (χ2n) is 6.10. The molecule has 1 fully saturated rings. The summed E-state index contributed by atoms with van der Waals surface area (Å²) in [6, 6.07) is 14.1. The molecule has 1 saturated carbocycles. The van der Waals surface area contributed by atoms with Crippen LogP contribution in [0.25, 0.3) is 0 Å². The monoisotopic (exact) mass is 260 g/mol. The van der Waals surface area contributed by atoms with Crippen molar-refractivity contribution in [2.45, 2.75) is 63.5 Å². The van der Waals surface area contributed by atoms with Gasteiger partial charge in [0.2, 0.25) is 0 Å². The molecule has 18 heavy (non-hydrogen) atoms. The Morgan fingerprint density at radius 1 is 1.11 bits per heavy atom. The van der Waals surface area contributed by atoms with Crippen LogP contribution >= 0.6 is 0 Å². The Kier molecular flexibility index (Phi) is 5.99. The standard InChI is InChI=1S/C17H28Si/c1-15(17-10-6-3-7-11-17)14-18-13-12-16-8-4-2-5-9-16/h3,6-7,10-11,15-16H,2,4-5,8-9,12-14,18H2,1H3. The van der Waals surface area contributed by atoms with Crippen molar-refractivity contribution in [3.63, 3.8) is 0 Å². The summed E-state index contributed by atoms with van der Waals surface area (Å²) >= 11 is 0. The van der Waals surface area contributed by atoms with Gasteiger partial charge in [-0.05, 0) is 17.4 Å². The smallest absolute Gasteiger partial charge is 0.0204 e. The molecule has 0 heterocycles. The summed E-state index contributed by atoms with van der Waals surface area (Å²) in [4.78, 5) is 0. The molecule has 0 saturated heterocycles. The van der Waals surface area contributed by atoms with Crippen LogP contribution in [0.1, 0.15) is 56.9 Å². The van der Waals surface area contributed by atoms with Gasteiger partial charge in [-0.2, -0.15) is 0 Å². The average Bonchev–Trinajstić information content (AvgIpc) is 2.45. The van der Waals surface area contributed by atoms with E-state index >= 15 is 0 Å². The summed E-state index contributed by atoms with van der Waals surface area (Å²) < 4.78 is 0. The topological polar surface area (TPSA) is 0 Å². The summed E-state index contributed by atoms with van der Waals surface area (Å²) in [5.41, 5.74) is 1.54. The van der Waals surface area contributed by atoms with E-state index in [1.54, 1.807) is 18.0 Å². The molecule has 1 heteroatoms. The normalized spacial score (nSPS) is 19.4. The van der Waals surface area contributed by atoms with Crippen LogP contribution in [-0.2, 0) is 0 Å². The molecule has 1 atom stereocenters. The van der Waals surface area contributed by atoms with E-state index in [1.165, 1.54) is 38.1 Å². The molecule has 0 radical (unpaired) electrons. The Hall–Kier alpha value is -0.563. The molecular weight excluding hydrogens is 232 g/mol. The van der Waals surface area contributed by atoms with Crippen molar-refractivity contribution in [1.82, 2.24) is 0 Å². The Morgan fingerprint density at radius 2 is 1.83 bits per heavy atom. The summed E-state index contributed by atoms with van der Waals surface area (Å²) in [5, 5.41) is 0. The SMILES string of the molecule is CC(C[SiH2]CCC1CCCCC1)c1ccccc1. The fraction of sp³-hybridized carbons (Fsp3) is 0.647. The third kappa shape index (κ3) is 4.60. The Labute approximate surface area is 115 Å². The van der Waals surface area contributed by atoms with Crippen LogP contribution in [0.15, 0.2) is 30.3 Å². The van der Waals surface area contributed by atoms with Gasteiger partial charge in [-0.3, -0.25) is 0 Å². The van der Waals surface area contributed by atoms with Crippen LogP contribution in [0, 0.1) is 5.92 Å². The van der Waals surface area contributed by atoms with Gasteiger partial charge in [0, 0.05) is 9.52 Å². The first-order valence-corrected chi connectivity index (χ1v) is 9.91. The lowest BCUT2D eigenvalue weighted by atomic mass is 9.88. The highest BCUT2D eigenvalue weighted by Crippen LogP contribution is 2.28. The van der Waals surface area contributed by atoms with E-state index in [9.17, 15) is 0 Å². The molecule has 0 aromatic heterocycles. The van der Waals surface area contributed by atoms with Crippen molar-refractivity contribution in [2.24, 2.45) is 5.92 Å². The lowest BCUT2D eigenvalue weighted by Crippen LogP contribution is -2.07. The quantitative estimate of drug-likeness (QED) is 0.511. The fourth-order valence-electron chi connectivity index (χ4n) is 3.31. The number of rotatable bonds is 6. The van der Waals surface area contributed by atoms with Gasteiger partial charge in [0.15, 0.2) is 0 Å². The van der Waals surface area contributed by atoms with E-state index in [-0.39, 0.29) is 9.52 Å². The lowest BCUT2D eigenvalue weighted by molar-refractivity contribution is 0.349. The molecule has 1 aromatic carbocycles. The van der Waals surface area contributed by atoms with Crippen LogP contribution in [0.2, 0.25) is 12.1 Å². The summed E-state index contributed by atoms with van der Waals surface area (Å²) in [6.07, 6.45) is 9.12. The first-order valence-electron chi connectivity index (χ1n) is 7.91. The highest BCUT2D eigenvalue weighted by Gasteiger charge is 2.13. The molecule has 0 spiro atoms. The predicted molar refractivity (Wildman–Crippen MR) is 84.2 cm³/mol. The third-order valence-electron chi connectivity index (χ3n) is 4.59. The van der Waals surface area contributed by atoms with Gasteiger partial charge in [-0.15, -0.1) is 0 Å². The van der Waals surface area contributed by atoms with Crippen molar-refractivity contribution in [1.29, 1.82) is 0 Å². The fourth-order valence-corrected chi connectivity index (χ4v) is 5.41. The molecule has 1 aliphatic rings. The van der Waals surface area contributed by atoms with Crippen LogP contribution in [0.4, 0.5) is 0 Å². The summed E-state index contributed by atoms with van der Waals surface area (Å²) in [7, 11) is 0.175. The molecule has 0 bridgehead atoms. The van der Waals surface area contributed by atoms with Gasteiger partial charge in [0.05, 0.1) is 0 Å². The number of hydrogen-bond donors (Lipinski definition) is 0. The molecule has 1 aromatic rings. The summed E-state index contributed by atoms with van der Waals surface area (Å²) in [6.45, 7) is 2.41. The van der Waals surface area contributed by atoms with Crippen LogP contribution in [-0.4, -0.2) is 9.52 Å². The highest BCUT2D eigenvalue weighted by atomic mass is 28.2. The van der Waals surface area contributed by atoms with E-state index in [4.69, 9.17) is 0 Å². The zero-order chi connectivity index (χ0) is 12.6. The largest absolute Gasteiger partial charge is 0.0625 e. The average molecular weight is 260 g/mol. The van der Waals surface area contributed by atoms with E-state index in [0.29, 0.717) is 0 Å². The van der Waals surface area contributed by atoms with Gasteiger partial charge >= 0.3 is 0 Å². The maximum absolute atomic E-state index is 2.41. The zero-order valence-corrected chi connectivity index (χ0v) is 13.3. The van der Waals surface area contributed by atoms with E-state index in [1.807, 2.05) is 0 Å². The minimum atomic E-state index is 0.175. The molecule has 1 aliphatic carbocycles. The van der Waals surface area contributed by atoms with Crippen molar-refractivity contribution in [2.75, 3.05) is 0 Å². The molecule has 0 N–H and O–H groups in total. The van der Waals surface area contributed by atoms with Gasteiger partial charge in [-0.25, -0.2) is 0 Å². The maximum Gasteiger partial charge on any atom is 0.0204 e. The Bertz CT molecular complexity index is 314. The van der Waals surface area contributed by atoms with E-state index < -0.39 is 0 Å². The predicted octanol–water partition coefficient (Wildman–Crippen LogP) is 4.77. The molecule has 0 aliphatic heterocycles. The second-order valence-corrected chi connectivity index (χ2v) is 8.09. The van der Waals surface area contributed by atoms with Crippen LogP contribution in [0.5, 0.6) is 0 Å². The lowest BCUT2D eigenvalue weighted by Gasteiger charge is -2.21. The molecule has 2 rings (SSSR count). The minimum Gasteiger partial charge on any atom is -0.0625 e. The molecule has 100 valence electrons. The molecule has 1 unspecified atom stereocenters. The van der Waals surface area contributed by atoms with Crippen molar-refractivity contribution in [3.05, 3.63) is 35.9 Å². The minimum absolute atomic E-state index is 0.175. The van der Waals surface area contributed by atoms with Crippen LogP contribution in [0.3, 0.4) is 0 Å². The van der Waals surface area contributed by atoms with Crippen molar-refractivity contribution >= 4 is 9.52 Å². The Balaban J connectivity index is 1.60. The number of benzene rings is 1. The van der Waals surface area contributed by atoms with Crippen LogP contribution < -0.4 is 0 Å². The maximum atomic E-state index is 2.41. The first kappa shape index (κ1) is 13.9. The van der Waals surface area contributed by atoms with Gasteiger partial charge < -0.3 is 0 Å². The summed E-state index contributed by atoms with van der Waals surface area (Å²) in [5.74, 6) is 1.89.